The molecule has 2 N–H and O–H groups in total. The molecule has 0 fully saturated rings. The summed E-state index contributed by atoms with van der Waals surface area (Å²) in [7, 11) is 0. The number of ether oxygens (including phenoxy) is 1. The van der Waals surface area contributed by atoms with Crippen LogP contribution in [0.1, 0.15) is 20.8 Å². The third kappa shape index (κ3) is 4.27. The van der Waals surface area contributed by atoms with Gasteiger partial charge >= 0.3 is 0 Å². The fourth-order valence-corrected chi connectivity index (χ4v) is 1.76. The third-order valence-electron chi connectivity index (χ3n) is 2.42. The Balaban J connectivity index is 2.78. The average molecular weight is 351 g/mol. The molecule has 1 aromatic heterocycles. The van der Waals surface area contributed by atoms with E-state index in [9.17, 15) is 4.79 Å². The van der Waals surface area contributed by atoms with Gasteiger partial charge in [0.25, 0.3) is 5.56 Å². The van der Waals surface area contributed by atoms with Crippen LogP contribution < -0.4 is 10.9 Å². The Bertz CT molecular complexity index is 406. The van der Waals surface area contributed by atoms with Crippen LogP contribution in [0.2, 0.25) is 0 Å². The van der Waals surface area contributed by atoms with Crippen molar-refractivity contribution < 1.29 is 4.74 Å². The van der Waals surface area contributed by atoms with E-state index in [0.717, 1.165) is 0 Å². The van der Waals surface area contributed by atoms with Crippen LogP contribution in [0, 0.1) is 9.49 Å². The molecule has 0 aromatic carbocycles. The van der Waals surface area contributed by atoms with Gasteiger partial charge in [0.15, 0.2) is 0 Å². The molecule has 0 aliphatic rings. The molecule has 6 heteroatoms. The van der Waals surface area contributed by atoms with E-state index in [4.69, 9.17) is 4.74 Å². The Kier molecular flexibility index (Phi) is 5.90. The van der Waals surface area contributed by atoms with Crippen molar-refractivity contribution >= 4 is 28.4 Å². The molecule has 0 saturated carbocycles. The summed E-state index contributed by atoms with van der Waals surface area (Å²) in [5.74, 6) is 1.02. The Morgan fingerprint density at radius 2 is 2.29 bits per heavy atom. The minimum absolute atomic E-state index is 0.123. The number of aromatic amines is 1. The van der Waals surface area contributed by atoms with E-state index in [0.29, 0.717) is 28.5 Å². The maximum Gasteiger partial charge on any atom is 0.266 e. The first kappa shape index (κ1) is 14.4. The van der Waals surface area contributed by atoms with Gasteiger partial charge in [-0.1, -0.05) is 13.8 Å². The van der Waals surface area contributed by atoms with Gasteiger partial charge in [-0.15, -0.1) is 0 Å². The largest absolute Gasteiger partial charge is 0.380 e. The number of hydrogen-bond donors (Lipinski definition) is 2. The maximum atomic E-state index is 11.4. The van der Waals surface area contributed by atoms with Crippen LogP contribution in [0.15, 0.2) is 11.1 Å². The molecule has 0 aliphatic carbocycles. The molecule has 1 heterocycles. The monoisotopic (exact) mass is 351 g/mol. The lowest BCUT2D eigenvalue weighted by molar-refractivity contribution is 0.126. The number of aromatic nitrogens is 2. The molecule has 0 amide bonds. The quantitative estimate of drug-likeness (QED) is 0.768. The average Bonchev–Trinajstić information content (AvgIpc) is 2.29. The van der Waals surface area contributed by atoms with Crippen LogP contribution in [0.3, 0.4) is 0 Å². The first-order chi connectivity index (χ1) is 8.06. The molecule has 5 nitrogen and oxygen atoms in total. The zero-order valence-corrected chi connectivity index (χ0v) is 12.4. The van der Waals surface area contributed by atoms with Crippen molar-refractivity contribution in [2.75, 3.05) is 18.5 Å². The number of nitrogens with zero attached hydrogens (tertiary/aromatic N) is 1. The maximum absolute atomic E-state index is 11.4. The smallest absolute Gasteiger partial charge is 0.266 e. The molecule has 0 aliphatic heterocycles. The molecular formula is C11H18IN3O2. The van der Waals surface area contributed by atoms with Crippen molar-refractivity contribution in [1.29, 1.82) is 0 Å². The highest BCUT2D eigenvalue weighted by atomic mass is 127. The van der Waals surface area contributed by atoms with E-state index in [1.165, 1.54) is 6.33 Å². The van der Waals surface area contributed by atoms with Gasteiger partial charge in [-0.05, 0) is 35.4 Å². The van der Waals surface area contributed by atoms with Crippen molar-refractivity contribution in [3.05, 3.63) is 20.3 Å². The summed E-state index contributed by atoms with van der Waals surface area (Å²) in [6, 6.07) is 0.151. The zero-order valence-electron chi connectivity index (χ0n) is 10.3. The first-order valence-corrected chi connectivity index (χ1v) is 6.71. The summed E-state index contributed by atoms with van der Waals surface area (Å²) < 4.78 is 6.00. The lowest BCUT2D eigenvalue weighted by Gasteiger charge is -2.22. The number of anilines is 1. The molecule has 1 aromatic rings. The second kappa shape index (κ2) is 6.95. The van der Waals surface area contributed by atoms with E-state index < -0.39 is 0 Å². The fourth-order valence-electron chi connectivity index (χ4n) is 1.30. The molecular weight excluding hydrogens is 333 g/mol. The van der Waals surface area contributed by atoms with Crippen LogP contribution in [-0.2, 0) is 4.74 Å². The molecule has 17 heavy (non-hydrogen) atoms. The van der Waals surface area contributed by atoms with Gasteiger partial charge in [-0.25, -0.2) is 4.98 Å². The summed E-state index contributed by atoms with van der Waals surface area (Å²) >= 11 is 1.99. The van der Waals surface area contributed by atoms with Gasteiger partial charge in [0.2, 0.25) is 0 Å². The number of H-pyrrole nitrogens is 1. The van der Waals surface area contributed by atoms with E-state index in [-0.39, 0.29) is 11.6 Å². The van der Waals surface area contributed by atoms with Crippen molar-refractivity contribution in [1.82, 2.24) is 9.97 Å². The Hall–Kier alpha value is -0.630. The summed E-state index contributed by atoms with van der Waals surface area (Å²) in [6.07, 6.45) is 1.41. The Morgan fingerprint density at radius 1 is 1.59 bits per heavy atom. The predicted molar refractivity (Wildman–Crippen MR) is 76.3 cm³/mol. The van der Waals surface area contributed by atoms with Gasteiger partial charge in [-0.3, -0.25) is 4.79 Å². The normalized spacial score (nSPS) is 12.8. The predicted octanol–water partition coefficient (Wildman–Crippen LogP) is 1.85. The number of hydrogen-bond acceptors (Lipinski definition) is 4. The van der Waals surface area contributed by atoms with Crippen molar-refractivity contribution in [2.24, 2.45) is 5.92 Å². The second-order valence-electron chi connectivity index (χ2n) is 4.05. The highest BCUT2D eigenvalue weighted by Gasteiger charge is 2.16. The van der Waals surface area contributed by atoms with E-state index in [1.54, 1.807) is 0 Å². The highest BCUT2D eigenvalue weighted by Crippen LogP contribution is 2.14. The molecule has 96 valence electrons. The zero-order chi connectivity index (χ0) is 12.8. The first-order valence-electron chi connectivity index (χ1n) is 5.63. The highest BCUT2D eigenvalue weighted by molar-refractivity contribution is 14.1. The lowest BCUT2D eigenvalue weighted by atomic mass is 10.1. The van der Waals surface area contributed by atoms with E-state index in [1.807, 2.05) is 29.5 Å². The van der Waals surface area contributed by atoms with Crippen LogP contribution in [0.25, 0.3) is 0 Å². The SMILES string of the molecule is CCOCC(Nc1nc[nH]c(=O)c1I)C(C)C. The van der Waals surface area contributed by atoms with Crippen molar-refractivity contribution in [3.8, 4) is 0 Å². The van der Waals surface area contributed by atoms with Gasteiger partial charge in [0.05, 0.1) is 19.0 Å². The molecule has 1 unspecified atom stereocenters. The van der Waals surface area contributed by atoms with Crippen molar-refractivity contribution in [2.45, 2.75) is 26.8 Å². The van der Waals surface area contributed by atoms with Gasteiger partial charge < -0.3 is 15.0 Å². The second-order valence-corrected chi connectivity index (χ2v) is 5.13. The number of rotatable bonds is 6. The molecule has 0 radical (unpaired) electrons. The van der Waals surface area contributed by atoms with Crippen LogP contribution in [-0.4, -0.2) is 29.2 Å². The number of halogens is 1. The van der Waals surface area contributed by atoms with E-state index in [2.05, 4.69) is 29.1 Å². The fraction of sp³-hybridized carbons (Fsp3) is 0.636. The molecule has 0 bridgehead atoms. The van der Waals surface area contributed by atoms with Crippen LogP contribution >= 0.6 is 22.6 Å². The lowest BCUT2D eigenvalue weighted by Crippen LogP contribution is -2.32. The summed E-state index contributed by atoms with van der Waals surface area (Å²) in [6.45, 7) is 7.48. The minimum Gasteiger partial charge on any atom is -0.380 e. The third-order valence-corrected chi connectivity index (χ3v) is 3.43. The molecule has 1 atom stereocenters. The van der Waals surface area contributed by atoms with Crippen LogP contribution in [0.4, 0.5) is 5.82 Å². The Labute approximate surface area is 115 Å². The topological polar surface area (TPSA) is 67.0 Å². The van der Waals surface area contributed by atoms with Gasteiger partial charge in [0, 0.05) is 6.61 Å². The molecule has 1 rings (SSSR count). The molecule has 0 spiro atoms. The Morgan fingerprint density at radius 3 is 2.88 bits per heavy atom. The van der Waals surface area contributed by atoms with Crippen LogP contribution in [0.5, 0.6) is 0 Å². The van der Waals surface area contributed by atoms with Gasteiger partial charge in [-0.2, -0.15) is 0 Å². The summed E-state index contributed by atoms with van der Waals surface area (Å²) in [5.41, 5.74) is -0.123. The van der Waals surface area contributed by atoms with Crippen molar-refractivity contribution in [3.63, 3.8) is 0 Å². The summed E-state index contributed by atoms with van der Waals surface area (Å²) in [5, 5.41) is 3.26. The summed E-state index contributed by atoms with van der Waals surface area (Å²) in [4.78, 5) is 18.1. The molecule has 0 saturated heterocycles. The van der Waals surface area contributed by atoms with E-state index >= 15 is 0 Å². The standard InChI is InChI=1S/C11H18IN3O2/c1-4-17-5-8(7(2)3)15-10-9(12)11(16)14-6-13-10/h6-8H,4-5H2,1-3H3,(H2,13,14,15,16). The minimum atomic E-state index is -0.123. The number of nitrogens with one attached hydrogen (secondary N) is 2. The van der Waals surface area contributed by atoms with Gasteiger partial charge in [0.1, 0.15) is 9.39 Å².